The molecule has 0 aliphatic carbocycles. The standard InChI is InChI=1S/C12H16FNO2S/c1-14(2)5-6-17-8-9-3-4-10(13)7-11(9)12(15)16/h3-4,7H,5-6,8H2,1-2H3,(H,15,16). The molecule has 0 heterocycles. The van der Waals surface area contributed by atoms with Gasteiger partial charge in [0.25, 0.3) is 0 Å². The molecule has 1 aromatic carbocycles. The van der Waals surface area contributed by atoms with Gasteiger partial charge in [0.05, 0.1) is 5.56 Å². The average Bonchev–Trinajstić information content (AvgIpc) is 2.25. The summed E-state index contributed by atoms with van der Waals surface area (Å²) in [7, 11) is 3.97. The first-order valence-corrected chi connectivity index (χ1v) is 6.40. The number of halogens is 1. The third kappa shape index (κ3) is 4.75. The lowest BCUT2D eigenvalue weighted by atomic mass is 10.1. The minimum atomic E-state index is -1.08. The summed E-state index contributed by atoms with van der Waals surface area (Å²) in [6.45, 7) is 0.939. The van der Waals surface area contributed by atoms with Crippen LogP contribution in [-0.2, 0) is 5.75 Å². The monoisotopic (exact) mass is 257 g/mol. The van der Waals surface area contributed by atoms with Gasteiger partial charge in [0, 0.05) is 18.1 Å². The van der Waals surface area contributed by atoms with Crippen LogP contribution < -0.4 is 0 Å². The van der Waals surface area contributed by atoms with E-state index in [1.165, 1.54) is 6.07 Å². The van der Waals surface area contributed by atoms with E-state index in [0.717, 1.165) is 18.4 Å². The molecule has 0 saturated heterocycles. The first-order chi connectivity index (χ1) is 8.00. The van der Waals surface area contributed by atoms with Gasteiger partial charge in [-0.3, -0.25) is 0 Å². The minimum absolute atomic E-state index is 0.0577. The lowest BCUT2D eigenvalue weighted by Crippen LogP contribution is -2.15. The number of rotatable bonds is 6. The fourth-order valence-electron chi connectivity index (χ4n) is 1.30. The van der Waals surface area contributed by atoms with Crippen LogP contribution in [0, 0.1) is 5.82 Å². The predicted octanol–water partition coefficient (Wildman–Crippen LogP) is 2.32. The van der Waals surface area contributed by atoms with E-state index in [0.29, 0.717) is 11.3 Å². The highest BCUT2D eigenvalue weighted by atomic mass is 32.2. The van der Waals surface area contributed by atoms with E-state index in [-0.39, 0.29) is 5.56 Å². The Bertz CT molecular complexity index is 396. The van der Waals surface area contributed by atoms with Gasteiger partial charge in [-0.25, -0.2) is 9.18 Å². The Morgan fingerprint density at radius 2 is 2.18 bits per heavy atom. The van der Waals surface area contributed by atoms with Crippen LogP contribution in [0.4, 0.5) is 4.39 Å². The second kappa shape index (κ2) is 6.61. The van der Waals surface area contributed by atoms with Crippen molar-refractivity contribution >= 4 is 17.7 Å². The normalized spacial score (nSPS) is 10.8. The van der Waals surface area contributed by atoms with Crippen LogP contribution in [0.1, 0.15) is 15.9 Å². The Balaban J connectivity index is 2.61. The summed E-state index contributed by atoms with van der Waals surface area (Å²) in [4.78, 5) is 13.0. The van der Waals surface area contributed by atoms with Gasteiger partial charge in [0.2, 0.25) is 0 Å². The van der Waals surface area contributed by atoms with Crippen molar-refractivity contribution in [2.45, 2.75) is 5.75 Å². The second-order valence-corrected chi connectivity index (χ2v) is 5.07. The van der Waals surface area contributed by atoms with Gasteiger partial charge in [0.1, 0.15) is 5.82 Å². The van der Waals surface area contributed by atoms with E-state index < -0.39 is 11.8 Å². The average molecular weight is 257 g/mol. The van der Waals surface area contributed by atoms with Gasteiger partial charge in [-0.1, -0.05) is 6.07 Å². The molecule has 1 aromatic rings. The summed E-state index contributed by atoms with van der Waals surface area (Å²) in [5, 5.41) is 8.95. The predicted molar refractivity (Wildman–Crippen MR) is 68.1 cm³/mol. The zero-order chi connectivity index (χ0) is 12.8. The van der Waals surface area contributed by atoms with Crippen molar-refractivity contribution in [3.63, 3.8) is 0 Å². The quantitative estimate of drug-likeness (QED) is 0.794. The molecular weight excluding hydrogens is 241 g/mol. The summed E-state index contributed by atoms with van der Waals surface area (Å²) in [5.41, 5.74) is 0.727. The van der Waals surface area contributed by atoms with E-state index >= 15 is 0 Å². The van der Waals surface area contributed by atoms with Crippen LogP contribution in [0.25, 0.3) is 0 Å². The van der Waals surface area contributed by atoms with Crippen molar-refractivity contribution in [1.29, 1.82) is 0 Å². The Kier molecular flexibility index (Phi) is 5.44. The Morgan fingerprint density at radius 1 is 1.47 bits per heavy atom. The Labute approximate surface area is 105 Å². The molecule has 0 unspecified atom stereocenters. The van der Waals surface area contributed by atoms with E-state index in [9.17, 15) is 9.18 Å². The first-order valence-electron chi connectivity index (χ1n) is 5.25. The minimum Gasteiger partial charge on any atom is -0.478 e. The van der Waals surface area contributed by atoms with Gasteiger partial charge in [-0.05, 0) is 31.8 Å². The molecular formula is C12H16FNO2S. The molecule has 1 rings (SSSR count). The molecule has 0 aliphatic heterocycles. The third-order valence-corrected chi connectivity index (χ3v) is 3.23. The van der Waals surface area contributed by atoms with Gasteiger partial charge in [-0.2, -0.15) is 11.8 Å². The number of benzene rings is 1. The number of thioether (sulfide) groups is 1. The number of nitrogens with zero attached hydrogens (tertiary/aromatic N) is 1. The fourth-order valence-corrected chi connectivity index (χ4v) is 2.41. The van der Waals surface area contributed by atoms with E-state index in [1.54, 1.807) is 17.8 Å². The van der Waals surface area contributed by atoms with E-state index in [1.807, 2.05) is 14.1 Å². The molecule has 5 heteroatoms. The molecule has 0 radical (unpaired) electrons. The first kappa shape index (κ1) is 14.0. The third-order valence-electron chi connectivity index (χ3n) is 2.24. The number of carboxylic acids is 1. The molecule has 0 bridgehead atoms. The number of aromatic carboxylic acids is 1. The zero-order valence-corrected chi connectivity index (χ0v) is 10.8. The van der Waals surface area contributed by atoms with Gasteiger partial charge in [0.15, 0.2) is 0 Å². The van der Waals surface area contributed by atoms with Crippen molar-refractivity contribution in [2.75, 3.05) is 26.4 Å². The number of hydrogen-bond donors (Lipinski definition) is 1. The van der Waals surface area contributed by atoms with Crippen molar-refractivity contribution in [3.8, 4) is 0 Å². The molecule has 94 valence electrons. The maximum atomic E-state index is 12.9. The maximum Gasteiger partial charge on any atom is 0.336 e. The highest BCUT2D eigenvalue weighted by Gasteiger charge is 2.10. The molecule has 0 aliphatic rings. The zero-order valence-electron chi connectivity index (χ0n) is 9.94. The van der Waals surface area contributed by atoms with Gasteiger partial charge >= 0.3 is 5.97 Å². The van der Waals surface area contributed by atoms with Crippen LogP contribution in [0.5, 0.6) is 0 Å². The van der Waals surface area contributed by atoms with E-state index in [2.05, 4.69) is 4.90 Å². The molecule has 3 nitrogen and oxygen atoms in total. The lowest BCUT2D eigenvalue weighted by molar-refractivity contribution is 0.0695. The van der Waals surface area contributed by atoms with Crippen LogP contribution in [0.3, 0.4) is 0 Å². The largest absolute Gasteiger partial charge is 0.478 e. The van der Waals surface area contributed by atoms with Crippen LogP contribution in [-0.4, -0.2) is 42.4 Å². The highest BCUT2D eigenvalue weighted by Crippen LogP contribution is 2.18. The summed E-state index contributed by atoms with van der Waals surface area (Å²) in [6, 6.07) is 3.92. The molecule has 17 heavy (non-hydrogen) atoms. The summed E-state index contributed by atoms with van der Waals surface area (Å²) >= 11 is 1.64. The van der Waals surface area contributed by atoms with Crippen LogP contribution >= 0.6 is 11.8 Å². The smallest absolute Gasteiger partial charge is 0.336 e. The molecule has 0 aromatic heterocycles. The SMILES string of the molecule is CN(C)CCSCc1ccc(F)cc1C(=O)O. The summed E-state index contributed by atoms with van der Waals surface area (Å²) in [6.07, 6.45) is 0. The molecule has 0 amide bonds. The molecule has 0 atom stereocenters. The maximum absolute atomic E-state index is 12.9. The number of carboxylic acid groups (broad SMARTS) is 1. The number of carbonyl (C=O) groups is 1. The summed E-state index contributed by atoms with van der Waals surface area (Å²) in [5.74, 6) is -0.0729. The van der Waals surface area contributed by atoms with Crippen LogP contribution in [0.2, 0.25) is 0 Å². The highest BCUT2D eigenvalue weighted by molar-refractivity contribution is 7.98. The van der Waals surface area contributed by atoms with E-state index in [4.69, 9.17) is 5.11 Å². The number of hydrogen-bond acceptors (Lipinski definition) is 3. The molecule has 0 saturated carbocycles. The summed E-state index contributed by atoms with van der Waals surface area (Å²) < 4.78 is 12.9. The lowest BCUT2D eigenvalue weighted by Gasteiger charge is -2.09. The fraction of sp³-hybridized carbons (Fsp3) is 0.417. The molecule has 0 fully saturated rings. The van der Waals surface area contributed by atoms with Crippen molar-refractivity contribution in [1.82, 2.24) is 4.90 Å². The van der Waals surface area contributed by atoms with Crippen molar-refractivity contribution in [3.05, 3.63) is 35.1 Å². The second-order valence-electron chi connectivity index (χ2n) is 3.96. The molecule has 0 spiro atoms. The van der Waals surface area contributed by atoms with Crippen molar-refractivity contribution < 1.29 is 14.3 Å². The Hall–Kier alpha value is -1.07. The Morgan fingerprint density at radius 3 is 2.76 bits per heavy atom. The topological polar surface area (TPSA) is 40.5 Å². The van der Waals surface area contributed by atoms with Crippen molar-refractivity contribution in [2.24, 2.45) is 0 Å². The van der Waals surface area contributed by atoms with Gasteiger partial charge in [-0.15, -0.1) is 0 Å². The van der Waals surface area contributed by atoms with Crippen LogP contribution in [0.15, 0.2) is 18.2 Å². The van der Waals surface area contributed by atoms with Gasteiger partial charge < -0.3 is 10.0 Å². The molecule has 1 N–H and O–H groups in total.